The molecule has 2 amide bonds. The van der Waals surface area contributed by atoms with Crippen molar-refractivity contribution in [2.75, 3.05) is 25.2 Å². The Morgan fingerprint density at radius 1 is 1.12 bits per heavy atom. The predicted molar refractivity (Wildman–Crippen MR) is 117 cm³/mol. The summed E-state index contributed by atoms with van der Waals surface area (Å²) < 4.78 is 38.7. The maximum Gasteiger partial charge on any atom is 0.247 e. The van der Waals surface area contributed by atoms with Crippen LogP contribution in [0.15, 0.2) is 46.2 Å². The lowest BCUT2D eigenvalue weighted by atomic mass is 10.2. The molecular formula is C21H21N3O6S2. The predicted octanol–water partition coefficient (Wildman–Crippen LogP) is 1.93. The molecular weight excluding hydrogens is 454 g/mol. The lowest BCUT2D eigenvalue weighted by molar-refractivity contribution is -0.133. The zero-order valence-electron chi connectivity index (χ0n) is 17.0. The van der Waals surface area contributed by atoms with Gasteiger partial charge in [-0.1, -0.05) is 6.07 Å². The smallest absolute Gasteiger partial charge is 0.247 e. The van der Waals surface area contributed by atoms with E-state index < -0.39 is 21.2 Å². The highest BCUT2D eigenvalue weighted by Crippen LogP contribution is 2.38. The zero-order valence-corrected chi connectivity index (χ0v) is 18.6. The molecule has 0 spiro atoms. The van der Waals surface area contributed by atoms with E-state index in [0.717, 1.165) is 30.2 Å². The molecule has 11 heteroatoms. The molecule has 32 heavy (non-hydrogen) atoms. The van der Waals surface area contributed by atoms with Gasteiger partial charge in [0.05, 0.1) is 10.6 Å². The number of anilines is 1. The van der Waals surface area contributed by atoms with E-state index in [2.05, 4.69) is 10.0 Å². The molecule has 2 aromatic rings. The number of carbonyl (C=O) groups excluding carboxylic acids is 2. The third kappa shape index (κ3) is 4.03. The van der Waals surface area contributed by atoms with Gasteiger partial charge in [-0.3, -0.25) is 9.59 Å². The Morgan fingerprint density at radius 3 is 2.72 bits per heavy atom. The SMILES string of the molecule is O=C1Nc2cc(S(=O)(=O)NCc3ccc4c(c3)OCO4)ccc2S[C@@H]1C(=O)N1CCCC1. The number of fused-ring (bicyclic) bond motifs is 2. The molecule has 1 fully saturated rings. The van der Waals surface area contributed by atoms with E-state index in [9.17, 15) is 18.0 Å². The average Bonchev–Trinajstić information content (AvgIpc) is 3.48. The van der Waals surface area contributed by atoms with Crippen LogP contribution in [0.25, 0.3) is 0 Å². The van der Waals surface area contributed by atoms with Crippen molar-refractivity contribution in [3.8, 4) is 11.5 Å². The van der Waals surface area contributed by atoms with E-state index in [1.165, 1.54) is 12.1 Å². The van der Waals surface area contributed by atoms with Crippen molar-refractivity contribution in [2.45, 2.75) is 34.4 Å². The number of thioether (sulfide) groups is 1. The number of benzene rings is 2. The second kappa shape index (κ2) is 8.30. The first-order valence-corrected chi connectivity index (χ1v) is 12.6. The number of rotatable bonds is 5. The van der Waals surface area contributed by atoms with Crippen LogP contribution in [0, 0.1) is 0 Å². The van der Waals surface area contributed by atoms with E-state index in [0.29, 0.717) is 35.2 Å². The van der Waals surface area contributed by atoms with E-state index >= 15 is 0 Å². The van der Waals surface area contributed by atoms with Gasteiger partial charge in [-0.2, -0.15) is 0 Å². The monoisotopic (exact) mass is 475 g/mol. The first-order chi connectivity index (χ1) is 15.4. The average molecular weight is 476 g/mol. The van der Waals surface area contributed by atoms with Crippen molar-refractivity contribution in [1.29, 1.82) is 0 Å². The van der Waals surface area contributed by atoms with Crippen molar-refractivity contribution >= 4 is 39.3 Å². The van der Waals surface area contributed by atoms with Gasteiger partial charge in [0.2, 0.25) is 28.6 Å². The highest BCUT2D eigenvalue weighted by atomic mass is 32.2. The quantitative estimate of drug-likeness (QED) is 0.635. The van der Waals surface area contributed by atoms with E-state index in [4.69, 9.17) is 9.47 Å². The maximum absolute atomic E-state index is 12.8. The Labute approximate surface area is 189 Å². The Kier molecular flexibility index (Phi) is 5.48. The molecule has 9 nitrogen and oxygen atoms in total. The zero-order chi connectivity index (χ0) is 22.3. The number of hydrogen-bond donors (Lipinski definition) is 2. The minimum Gasteiger partial charge on any atom is -0.454 e. The molecule has 0 aromatic heterocycles. The van der Waals surface area contributed by atoms with Crippen molar-refractivity contribution in [3.05, 3.63) is 42.0 Å². The van der Waals surface area contributed by atoms with Crippen LogP contribution in [-0.2, 0) is 26.2 Å². The molecule has 0 aliphatic carbocycles. The first kappa shape index (κ1) is 21.1. The molecule has 3 heterocycles. The number of amides is 2. The van der Waals surface area contributed by atoms with Gasteiger partial charge in [-0.25, -0.2) is 13.1 Å². The van der Waals surface area contributed by atoms with Crippen LogP contribution in [0.4, 0.5) is 5.69 Å². The summed E-state index contributed by atoms with van der Waals surface area (Å²) in [4.78, 5) is 27.6. The molecule has 2 N–H and O–H groups in total. The summed E-state index contributed by atoms with van der Waals surface area (Å²) in [6.07, 6.45) is 1.89. The van der Waals surface area contributed by atoms with Gasteiger partial charge in [0.15, 0.2) is 16.7 Å². The van der Waals surface area contributed by atoms with E-state index in [-0.39, 0.29) is 24.1 Å². The van der Waals surface area contributed by atoms with Crippen LogP contribution in [0.2, 0.25) is 0 Å². The third-order valence-corrected chi connectivity index (χ3v) is 8.21. The molecule has 0 saturated carbocycles. The summed E-state index contributed by atoms with van der Waals surface area (Å²) in [5, 5.41) is 1.84. The van der Waals surface area contributed by atoms with E-state index in [1.54, 1.807) is 29.2 Å². The van der Waals surface area contributed by atoms with Gasteiger partial charge in [0.25, 0.3) is 0 Å². The molecule has 3 aliphatic rings. The highest BCUT2D eigenvalue weighted by molar-refractivity contribution is 8.01. The fourth-order valence-electron chi connectivity index (χ4n) is 3.83. The molecule has 1 atom stereocenters. The first-order valence-electron chi connectivity index (χ1n) is 10.2. The number of ether oxygens (including phenoxy) is 2. The molecule has 168 valence electrons. The Balaban J connectivity index is 1.29. The number of carbonyl (C=O) groups is 2. The van der Waals surface area contributed by atoms with Crippen molar-refractivity contribution < 1.29 is 27.5 Å². The van der Waals surface area contributed by atoms with Gasteiger partial charge in [0, 0.05) is 24.5 Å². The number of sulfonamides is 1. The molecule has 0 unspecified atom stereocenters. The standard InChI is InChI=1S/C21H21N3O6S2/c25-20-19(21(26)24-7-1-2-8-24)31-18-6-4-14(10-15(18)23-20)32(27,28)22-11-13-3-5-16-17(9-13)30-12-29-16/h3-6,9-10,19,22H,1-2,7-8,11-12H2,(H,23,25)/t19-/m0/s1. The summed E-state index contributed by atoms with van der Waals surface area (Å²) in [7, 11) is -3.82. The molecule has 0 radical (unpaired) electrons. The second-order valence-electron chi connectivity index (χ2n) is 7.69. The minimum absolute atomic E-state index is 0.0298. The van der Waals surface area contributed by atoms with Crippen LogP contribution in [0.3, 0.4) is 0 Å². The van der Waals surface area contributed by atoms with Gasteiger partial charge >= 0.3 is 0 Å². The summed E-state index contributed by atoms with van der Waals surface area (Å²) in [5.74, 6) is 0.578. The summed E-state index contributed by atoms with van der Waals surface area (Å²) in [6.45, 7) is 1.56. The number of hydrogen-bond acceptors (Lipinski definition) is 7. The second-order valence-corrected chi connectivity index (χ2v) is 10.6. The highest BCUT2D eigenvalue weighted by Gasteiger charge is 2.37. The number of likely N-dealkylation sites (tertiary alicyclic amines) is 1. The fourth-order valence-corrected chi connectivity index (χ4v) is 5.93. The minimum atomic E-state index is -3.82. The third-order valence-electron chi connectivity index (χ3n) is 5.55. The summed E-state index contributed by atoms with van der Waals surface area (Å²) >= 11 is 1.16. The molecule has 2 aromatic carbocycles. The molecule has 3 aliphatic heterocycles. The Bertz CT molecular complexity index is 1190. The van der Waals surface area contributed by atoms with Crippen molar-refractivity contribution in [3.63, 3.8) is 0 Å². The van der Waals surface area contributed by atoms with Gasteiger partial charge < -0.3 is 19.7 Å². The van der Waals surface area contributed by atoms with E-state index in [1.807, 2.05) is 0 Å². The van der Waals surface area contributed by atoms with Crippen LogP contribution in [0.5, 0.6) is 11.5 Å². The molecule has 0 bridgehead atoms. The number of nitrogens with zero attached hydrogens (tertiary/aromatic N) is 1. The van der Waals surface area contributed by atoms with Crippen LogP contribution < -0.4 is 19.5 Å². The largest absolute Gasteiger partial charge is 0.454 e. The summed E-state index contributed by atoms with van der Waals surface area (Å²) in [6, 6.07) is 9.74. The Hall–Kier alpha value is -2.76. The molecule has 1 saturated heterocycles. The van der Waals surface area contributed by atoms with Crippen LogP contribution in [0.1, 0.15) is 18.4 Å². The van der Waals surface area contributed by atoms with Gasteiger partial charge in [0.1, 0.15) is 0 Å². The lowest BCUT2D eigenvalue weighted by Crippen LogP contribution is -2.43. The summed E-state index contributed by atoms with van der Waals surface area (Å²) in [5.41, 5.74) is 1.11. The Morgan fingerprint density at radius 2 is 1.91 bits per heavy atom. The molecule has 5 rings (SSSR count). The fraction of sp³-hybridized carbons (Fsp3) is 0.333. The topological polar surface area (TPSA) is 114 Å². The van der Waals surface area contributed by atoms with Gasteiger partial charge in [-0.05, 0) is 48.7 Å². The van der Waals surface area contributed by atoms with Crippen LogP contribution >= 0.6 is 11.8 Å². The van der Waals surface area contributed by atoms with Crippen LogP contribution in [-0.4, -0.2) is 50.3 Å². The maximum atomic E-state index is 12.8. The number of nitrogens with one attached hydrogen (secondary N) is 2. The van der Waals surface area contributed by atoms with Gasteiger partial charge in [-0.15, -0.1) is 11.8 Å². The van der Waals surface area contributed by atoms with Crippen molar-refractivity contribution in [1.82, 2.24) is 9.62 Å². The van der Waals surface area contributed by atoms with Crippen molar-refractivity contribution in [2.24, 2.45) is 0 Å². The normalized spacial score (nSPS) is 19.6. The lowest BCUT2D eigenvalue weighted by Gasteiger charge is -2.27.